The average molecular weight is 265 g/mol. The third-order valence-corrected chi connectivity index (χ3v) is 5.31. The van der Waals surface area contributed by atoms with Crippen LogP contribution in [0, 0.1) is 11.3 Å². The molecule has 0 amide bonds. The van der Waals surface area contributed by atoms with E-state index < -0.39 is 0 Å². The third-order valence-electron chi connectivity index (χ3n) is 4.58. The van der Waals surface area contributed by atoms with Gasteiger partial charge >= 0.3 is 0 Å². The summed E-state index contributed by atoms with van der Waals surface area (Å²) in [4.78, 5) is 0. The van der Waals surface area contributed by atoms with E-state index in [9.17, 15) is 0 Å². The number of likely N-dealkylation sites (N-methyl/N-ethyl adjacent to an activating group) is 1. The molecule has 1 saturated carbocycles. The second kappa shape index (κ2) is 6.21. The molecule has 2 heteroatoms. The maximum Gasteiger partial charge on any atom is 0.0141 e. The van der Waals surface area contributed by atoms with Crippen molar-refractivity contribution < 1.29 is 0 Å². The number of rotatable bonds is 5. The number of thiophene rings is 1. The molecule has 1 fully saturated rings. The van der Waals surface area contributed by atoms with Crippen LogP contribution in [0.15, 0.2) is 16.8 Å². The second-order valence-electron chi connectivity index (χ2n) is 6.34. The third kappa shape index (κ3) is 3.36. The molecule has 1 heterocycles. The molecule has 1 aliphatic carbocycles. The Morgan fingerprint density at radius 3 is 2.89 bits per heavy atom. The topological polar surface area (TPSA) is 12.0 Å². The second-order valence-corrected chi connectivity index (χ2v) is 7.12. The normalized spacial score (nSPS) is 24.9. The lowest BCUT2D eigenvalue weighted by atomic mass is 9.65. The van der Waals surface area contributed by atoms with Crippen molar-refractivity contribution in [3.63, 3.8) is 0 Å². The van der Waals surface area contributed by atoms with Crippen LogP contribution in [0.4, 0.5) is 0 Å². The number of nitrogens with one attached hydrogen (secondary N) is 1. The van der Waals surface area contributed by atoms with Crippen LogP contribution in [0.1, 0.15) is 52.0 Å². The van der Waals surface area contributed by atoms with Crippen molar-refractivity contribution in [2.75, 3.05) is 6.54 Å². The van der Waals surface area contributed by atoms with E-state index in [0.29, 0.717) is 11.5 Å². The highest BCUT2D eigenvalue weighted by Gasteiger charge is 2.37. The predicted molar refractivity (Wildman–Crippen MR) is 81.2 cm³/mol. The van der Waals surface area contributed by atoms with Crippen molar-refractivity contribution in [3.8, 4) is 0 Å². The van der Waals surface area contributed by atoms with Crippen molar-refractivity contribution in [2.45, 2.75) is 58.9 Å². The van der Waals surface area contributed by atoms with Gasteiger partial charge in [-0.25, -0.2) is 0 Å². The van der Waals surface area contributed by atoms with Crippen molar-refractivity contribution in [1.29, 1.82) is 0 Å². The van der Waals surface area contributed by atoms with Crippen molar-refractivity contribution >= 4 is 11.3 Å². The Morgan fingerprint density at radius 2 is 2.28 bits per heavy atom. The van der Waals surface area contributed by atoms with Gasteiger partial charge in [0, 0.05) is 6.04 Å². The first kappa shape index (κ1) is 14.1. The number of hydrogen-bond donors (Lipinski definition) is 1. The van der Waals surface area contributed by atoms with Crippen LogP contribution >= 0.6 is 11.3 Å². The fourth-order valence-electron chi connectivity index (χ4n) is 3.55. The van der Waals surface area contributed by atoms with Crippen LogP contribution in [0.3, 0.4) is 0 Å². The Labute approximate surface area is 116 Å². The molecule has 0 aromatic carbocycles. The SMILES string of the molecule is CCNC(Cc1ccsc1)C1CCCCC1(C)C. The van der Waals surface area contributed by atoms with Crippen LogP contribution < -0.4 is 5.32 Å². The summed E-state index contributed by atoms with van der Waals surface area (Å²) < 4.78 is 0. The maximum absolute atomic E-state index is 3.75. The first-order chi connectivity index (χ1) is 8.63. The fraction of sp³-hybridized carbons (Fsp3) is 0.750. The summed E-state index contributed by atoms with van der Waals surface area (Å²) in [5.74, 6) is 0.825. The lowest BCUT2D eigenvalue weighted by molar-refractivity contribution is 0.0988. The van der Waals surface area contributed by atoms with Crippen molar-refractivity contribution in [2.24, 2.45) is 11.3 Å². The van der Waals surface area contributed by atoms with Gasteiger partial charge in [0.05, 0.1) is 0 Å². The molecule has 1 nitrogen and oxygen atoms in total. The van der Waals surface area contributed by atoms with Gasteiger partial charge in [-0.3, -0.25) is 0 Å². The molecular formula is C16H27NS. The molecule has 0 radical (unpaired) electrons. The summed E-state index contributed by atoms with van der Waals surface area (Å²) >= 11 is 1.82. The summed E-state index contributed by atoms with van der Waals surface area (Å²) in [6, 6.07) is 2.94. The van der Waals surface area contributed by atoms with E-state index in [4.69, 9.17) is 0 Å². The summed E-state index contributed by atoms with van der Waals surface area (Å²) in [5.41, 5.74) is 2.01. The van der Waals surface area contributed by atoms with E-state index in [0.717, 1.165) is 12.5 Å². The molecule has 1 aromatic rings. The van der Waals surface area contributed by atoms with Gasteiger partial charge in [0.1, 0.15) is 0 Å². The summed E-state index contributed by atoms with van der Waals surface area (Å²) in [6.07, 6.45) is 6.82. The van der Waals surface area contributed by atoms with Gasteiger partial charge in [0.25, 0.3) is 0 Å². The molecule has 2 unspecified atom stereocenters. The van der Waals surface area contributed by atoms with Gasteiger partial charge < -0.3 is 5.32 Å². The molecule has 0 bridgehead atoms. The number of hydrogen-bond acceptors (Lipinski definition) is 2. The van der Waals surface area contributed by atoms with Gasteiger partial charge in [0.2, 0.25) is 0 Å². The largest absolute Gasteiger partial charge is 0.314 e. The summed E-state index contributed by atoms with van der Waals surface area (Å²) in [5, 5.41) is 8.26. The molecule has 1 N–H and O–H groups in total. The van der Waals surface area contributed by atoms with Gasteiger partial charge in [0.15, 0.2) is 0 Å². The molecule has 0 saturated heterocycles. The van der Waals surface area contributed by atoms with Crippen molar-refractivity contribution in [3.05, 3.63) is 22.4 Å². The van der Waals surface area contributed by atoms with E-state index >= 15 is 0 Å². The van der Waals surface area contributed by atoms with Crippen LogP contribution in [-0.2, 0) is 6.42 Å². The molecule has 0 spiro atoms. The molecule has 2 rings (SSSR count). The van der Waals surface area contributed by atoms with Crippen LogP contribution in [-0.4, -0.2) is 12.6 Å². The van der Waals surface area contributed by atoms with E-state index in [-0.39, 0.29) is 0 Å². The first-order valence-corrected chi connectivity index (χ1v) is 8.32. The summed E-state index contributed by atoms with van der Waals surface area (Å²) in [7, 11) is 0. The Balaban J connectivity index is 2.08. The zero-order valence-electron chi connectivity index (χ0n) is 12.0. The van der Waals surface area contributed by atoms with Crippen LogP contribution in [0.5, 0.6) is 0 Å². The first-order valence-electron chi connectivity index (χ1n) is 7.38. The molecular weight excluding hydrogens is 238 g/mol. The minimum atomic E-state index is 0.501. The average Bonchev–Trinajstić information content (AvgIpc) is 2.81. The molecule has 102 valence electrons. The lowest BCUT2D eigenvalue weighted by Gasteiger charge is -2.43. The Bertz CT molecular complexity index is 342. The predicted octanol–water partition coefficient (Wildman–Crippen LogP) is 4.49. The molecule has 1 aromatic heterocycles. The molecule has 2 atom stereocenters. The highest BCUT2D eigenvalue weighted by atomic mass is 32.1. The van der Waals surface area contributed by atoms with Crippen LogP contribution in [0.2, 0.25) is 0 Å². The van der Waals surface area contributed by atoms with Crippen LogP contribution in [0.25, 0.3) is 0 Å². The van der Waals surface area contributed by atoms with Gasteiger partial charge in [-0.2, -0.15) is 11.3 Å². The van der Waals surface area contributed by atoms with Gasteiger partial charge in [-0.1, -0.05) is 33.6 Å². The Hall–Kier alpha value is -0.340. The Morgan fingerprint density at radius 1 is 1.44 bits per heavy atom. The molecule has 18 heavy (non-hydrogen) atoms. The highest BCUT2D eigenvalue weighted by Crippen LogP contribution is 2.43. The molecule has 1 aliphatic rings. The minimum Gasteiger partial charge on any atom is -0.314 e. The van der Waals surface area contributed by atoms with Gasteiger partial charge in [-0.15, -0.1) is 0 Å². The van der Waals surface area contributed by atoms with Crippen molar-refractivity contribution in [1.82, 2.24) is 5.32 Å². The fourth-order valence-corrected chi connectivity index (χ4v) is 4.23. The van der Waals surface area contributed by atoms with E-state index in [1.54, 1.807) is 0 Å². The minimum absolute atomic E-state index is 0.501. The van der Waals surface area contributed by atoms with E-state index in [1.165, 1.54) is 37.7 Å². The summed E-state index contributed by atoms with van der Waals surface area (Å²) in [6.45, 7) is 8.25. The Kier molecular flexibility index (Phi) is 4.85. The zero-order valence-corrected chi connectivity index (χ0v) is 12.9. The molecule has 0 aliphatic heterocycles. The highest BCUT2D eigenvalue weighted by molar-refractivity contribution is 7.07. The zero-order chi connectivity index (χ0) is 13.0. The quantitative estimate of drug-likeness (QED) is 0.827. The van der Waals surface area contributed by atoms with Gasteiger partial charge in [-0.05, 0) is 59.5 Å². The smallest absolute Gasteiger partial charge is 0.0141 e. The standard InChI is InChI=1S/C16H27NS/c1-4-17-15(11-13-8-10-18-12-13)14-7-5-6-9-16(14,2)3/h8,10,12,14-15,17H,4-7,9,11H2,1-3H3. The maximum atomic E-state index is 3.75. The van der Waals surface area contributed by atoms with E-state index in [1.807, 2.05) is 11.3 Å². The van der Waals surface area contributed by atoms with E-state index in [2.05, 4.69) is 42.9 Å². The monoisotopic (exact) mass is 265 g/mol. The lowest BCUT2D eigenvalue weighted by Crippen LogP contribution is -2.46.